The van der Waals surface area contributed by atoms with Gasteiger partial charge in [0.15, 0.2) is 0 Å². The van der Waals surface area contributed by atoms with Gasteiger partial charge in [-0.3, -0.25) is 0 Å². The van der Waals surface area contributed by atoms with Crippen LogP contribution in [0.3, 0.4) is 0 Å². The van der Waals surface area contributed by atoms with Gasteiger partial charge in [0, 0.05) is 22.8 Å². The van der Waals surface area contributed by atoms with Gasteiger partial charge in [-0.15, -0.1) is 6.42 Å². The van der Waals surface area contributed by atoms with E-state index in [1.807, 2.05) is 48.5 Å². The van der Waals surface area contributed by atoms with Crippen molar-refractivity contribution in [3.63, 3.8) is 0 Å². The number of ether oxygens (including phenoxy) is 1. The van der Waals surface area contributed by atoms with Gasteiger partial charge >= 0.3 is 0 Å². The predicted molar refractivity (Wildman–Crippen MR) is 79.5 cm³/mol. The topological polar surface area (TPSA) is 21.3 Å². The Morgan fingerprint density at radius 3 is 2.58 bits per heavy atom. The van der Waals surface area contributed by atoms with Gasteiger partial charge in [-0.2, -0.15) is 0 Å². The highest BCUT2D eigenvalue weighted by Gasteiger charge is 2.02. The smallest absolute Gasteiger partial charge is 0.148 e. The first-order chi connectivity index (χ1) is 9.29. The van der Waals surface area contributed by atoms with Crippen LogP contribution in [0, 0.1) is 12.3 Å². The van der Waals surface area contributed by atoms with E-state index in [4.69, 9.17) is 22.8 Å². The highest BCUT2D eigenvalue weighted by Crippen LogP contribution is 2.20. The first-order valence-corrected chi connectivity index (χ1v) is 6.31. The van der Waals surface area contributed by atoms with Crippen molar-refractivity contribution in [3.8, 4) is 18.1 Å². The summed E-state index contributed by atoms with van der Waals surface area (Å²) in [7, 11) is 0. The van der Waals surface area contributed by atoms with Crippen LogP contribution in [0.1, 0.15) is 5.56 Å². The molecule has 0 aliphatic carbocycles. The van der Waals surface area contributed by atoms with E-state index in [1.54, 1.807) is 0 Å². The lowest BCUT2D eigenvalue weighted by molar-refractivity contribution is 0.366. The summed E-state index contributed by atoms with van der Waals surface area (Å²) in [5, 5.41) is 4.04. The van der Waals surface area contributed by atoms with Gasteiger partial charge in [-0.25, -0.2) is 0 Å². The Kier molecular flexibility index (Phi) is 4.72. The molecule has 0 saturated carbocycles. The summed E-state index contributed by atoms with van der Waals surface area (Å²) < 4.78 is 5.50. The van der Waals surface area contributed by atoms with Crippen LogP contribution in [0.25, 0.3) is 0 Å². The Hall–Kier alpha value is -2.11. The number of hydrogen-bond donors (Lipinski definition) is 1. The van der Waals surface area contributed by atoms with Crippen molar-refractivity contribution in [2.75, 3.05) is 11.9 Å². The lowest BCUT2D eigenvalue weighted by Crippen LogP contribution is -2.03. The summed E-state index contributed by atoms with van der Waals surface area (Å²) in [4.78, 5) is 0. The Labute approximate surface area is 118 Å². The minimum absolute atomic E-state index is 0.276. The number of hydrogen-bond acceptors (Lipinski definition) is 2. The largest absolute Gasteiger partial charge is 0.481 e. The third-order valence-corrected chi connectivity index (χ3v) is 2.86. The summed E-state index contributed by atoms with van der Waals surface area (Å²) in [6, 6.07) is 15.4. The third-order valence-electron chi connectivity index (χ3n) is 2.61. The van der Waals surface area contributed by atoms with Crippen LogP contribution in [0.15, 0.2) is 48.5 Å². The number of anilines is 1. The van der Waals surface area contributed by atoms with E-state index in [9.17, 15) is 0 Å². The van der Waals surface area contributed by atoms with Gasteiger partial charge in [-0.05, 0) is 30.3 Å². The average Bonchev–Trinajstić information content (AvgIpc) is 2.45. The molecule has 0 amide bonds. The molecule has 0 aromatic heterocycles. The van der Waals surface area contributed by atoms with Crippen LogP contribution in [-0.4, -0.2) is 6.61 Å². The van der Waals surface area contributed by atoms with Crippen LogP contribution >= 0.6 is 11.6 Å². The molecule has 0 aliphatic rings. The molecule has 0 spiro atoms. The van der Waals surface area contributed by atoms with E-state index in [-0.39, 0.29) is 6.61 Å². The molecule has 2 nitrogen and oxygen atoms in total. The minimum Gasteiger partial charge on any atom is -0.481 e. The minimum atomic E-state index is 0.276. The van der Waals surface area contributed by atoms with E-state index in [1.165, 1.54) is 0 Å². The molecule has 0 radical (unpaired) electrons. The van der Waals surface area contributed by atoms with Crippen molar-refractivity contribution in [2.45, 2.75) is 6.54 Å². The maximum absolute atomic E-state index is 5.84. The van der Waals surface area contributed by atoms with E-state index in [2.05, 4.69) is 11.2 Å². The van der Waals surface area contributed by atoms with Gasteiger partial charge in [0.2, 0.25) is 0 Å². The SMILES string of the molecule is C#CCOc1ccccc1CNc1ccc(Cl)cc1. The summed E-state index contributed by atoms with van der Waals surface area (Å²) in [6.45, 7) is 0.945. The molecule has 2 rings (SSSR count). The molecule has 1 N–H and O–H groups in total. The summed E-state index contributed by atoms with van der Waals surface area (Å²) in [5.74, 6) is 3.27. The molecule has 19 heavy (non-hydrogen) atoms. The molecule has 0 bridgehead atoms. The van der Waals surface area contributed by atoms with Crippen molar-refractivity contribution < 1.29 is 4.74 Å². The second kappa shape index (κ2) is 6.72. The van der Waals surface area contributed by atoms with Crippen molar-refractivity contribution in [3.05, 3.63) is 59.1 Å². The second-order valence-electron chi connectivity index (χ2n) is 3.96. The maximum atomic E-state index is 5.84. The fourth-order valence-electron chi connectivity index (χ4n) is 1.68. The number of rotatable bonds is 5. The molecule has 3 heteroatoms. The first-order valence-electron chi connectivity index (χ1n) is 5.93. The highest BCUT2D eigenvalue weighted by atomic mass is 35.5. The predicted octanol–water partition coefficient (Wildman–Crippen LogP) is 3.96. The monoisotopic (exact) mass is 271 g/mol. The van der Waals surface area contributed by atoms with Crippen molar-refractivity contribution in [1.82, 2.24) is 0 Å². The average molecular weight is 272 g/mol. The van der Waals surface area contributed by atoms with Gasteiger partial charge in [0.1, 0.15) is 12.4 Å². The lowest BCUT2D eigenvalue weighted by atomic mass is 10.2. The molecule has 0 atom stereocenters. The van der Waals surface area contributed by atoms with Gasteiger partial charge < -0.3 is 10.1 Å². The summed E-state index contributed by atoms with van der Waals surface area (Å²) in [6.07, 6.45) is 5.20. The zero-order chi connectivity index (χ0) is 13.5. The molecular formula is C16H14ClNO. The molecule has 2 aromatic carbocycles. The normalized spacial score (nSPS) is 9.68. The standard InChI is InChI=1S/C16H14ClNO/c1-2-11-19-16-6-4-3-5-13(16)12-18-15-9-7-14(17)8-10-15/h1,3-10,18H,11-12H2. The van der Waals surface area contributed by atoms with E-state index < -0.39 is 0 Å². The first kappa shape index (κ1) is 13.3. The van der Waals surface area contributed by atoms with Crippen molar-refractivity contribution in [1.29, 1.82) is 0 Å². The number of para-hydroxylation sites is 1. The van der Waals surface area contributed by atoms with E-state index >= 15 is 0 Å². The molecule has 0 heterocycles. The lowest BCUT2D eigenvalue weighted by Gasteiger charge is -2.11. The van der Waals surface area contributed by atoms with Gasteiger partial charge in [0.25, 0.3) is 0 Å². The fraction of sp³-hybridized carbons (Fsp3) is 0.125. The molecule has 0 aliphatic heterocycles. The Bertz CT molecular complexity index is 572. The Morgan fingerprint density at radius 1 is 1.11 bits per heavy atom. The van der Waals surface area contributed by atoms with Gasteiger partial charge in [0.05, 0.1) is 0 Å². The fourth-order valence-corrected chi connectivity index (χ4v) is 1.80. The number of nitrogens with one attached hydrogen (secondary N) is 1. The Balaban J connectivity index is 2.03. The number of halogens is 1. The summed E-state index contributed by atoms with van der Waals surface area (Å²) >= 11 is 5.84. The van der Waals surface area contributed by atoms with E-state index in [0.717, 1.165) is 22.0 Å². The van der Waals surface area contributed by atoms with Crippen LogP contribution in [0.5, 0.6) is 5.75 Å². The zero-order valence-corrected chi connectivity index (χ0v) is 11.2. The number of benzene rings is 2. The highest BCUT2D eigenvalue weighted by molar-refractivity contribution is 6.30. The third kappa shape index (κ3) is 3.94. The second-order valence-corrected chi connectivity index (χ2v) is 4.40. The van der Waals surface area contributed by atoms with Gasteiger partial charge in [-0.1, -0.05) is 35.7 Å². The maximum Gasteiger partial charge on any atom is 0.148 e. The van der Waals surface area contributed by atoms with Crippen LogP contribution in [-0.2, 0) is 6.54 Å². The van der Waals surface area contributed by atoms with E-state index in [0.29, 0.717) is 6.54 Å². The zero-order valence-electron chi connectivity index (χ0n) is 10.4. The molecular weight excluding hydrogens is 258 g/mol. The van der Waals surface area contributed by atoms with Crippen LogP contribution < -0.4 is 10.1 Å². The summed E-state index contributed by atoms with van der Waals surface area (Å²) in [5.41, 5.74) is 2.07. The molecule has 0 fully saturated rings. The number of terminal acetylenes is 1. The van der Waals surface area contributed by atoms with Crippen molar-refractivity contribution >= 4 is 17.3 Å². The molecule has 0 unspecified atom stereocenters. The molecule has 96 valence electrons. The Morgan fingerprint density at radius 2 is 1.84 bits per heavy atom. The van der Waals surface area contributed by atoms with Crippen LogP contribution in [0.2, 0.25) is 5.02 Å². The van der Waals surface area contributed by atoms with Crippen LogP contribution in [0.4, 0.5) is 5.69 Å². The van der Waals surface area contributed by atoms with Crippen molar-refractivity contribution in [2.24, 2.45) is 0 Å². The molecule has 0 saturated heterocycles. The molecule has 2 aromatic rings. The quantitative estimate of drug-likeness (QED) is 0.831.